The molecule has 1 aliphatic rings. The van der Waals surface area contributed by atoms with Crippen molar-refractivity contribution in [1.29, 1.82) is 0 Å². The Morgan fingerprint density at radius 3 is 3.06 bits per heavy atom. The highest BCUT2D eigenvalue weighted by molar-refractivity contribution is 9.10. The van der Waals surface area contributed by atoms with E-state index < -0.39 is 0 Å². The van der Waals surface area contributed by atoms with Crippen LogP contribution in [0.2, 0.25) is 0 Å². The molecule has 0 aliphatic carbocycles. The SMILES string of the molecule is Fc1cc(Br)ccc1COCC1CCCN1. The Bertz CT molecular complexity index is 353. The molecule has 0 radical (unpaired) electrons. The summed E-state index contributed by atoms with van der Waals surface area (Å²) < 4.78 is 19.7. The second-order valence-electron chi connectivity index (χ2n) is 4.04. The molecular weight excluding hydrogens is 273 g/mol. The van der Waals surface area contributed by atoms with Crippen LogP contribution in [0.1, 0.15) is 18.4 Å². The van der Waals surface area contributed by atoms with Gasteiger partial charge < -0.3 is 10.1 Å². The van der Waals surface area contributed by atoms with Crippen molar-refractivity contribution in [3.63, 3.8) is 0 Å². The lowest BCUT2D eigenvalue weighted by molar-refractivity contribution is 0.101. The van der Waals surface area contributed by atoms with E-state index in [1.54, 1.807) is 6.07 Å². The minimum atomic E-state index is -0.214. The summed E-state index contributed by atoms with van der Waals surface area (Å²) >= 11 is 3.23. The van der Waals surface area contributed by atoms with Gasteiger partial charge in [-0.2, -0.15) is 0 Å². The average molecular weight is 288 g/mol. The Kier molecular flexibility index (Phi) is 4.32. The van der Waals surface area contributed by atoms with E-state index in [2.05, 4.69) is 21.2 Å². The first-order chi connectivity index (χ1) is 7.75. The summed E-state index contributed by atoms with van der Waals surface area (Å²) in [5, 5.41) is 3.34. The molecule has 4 heteroatoms. The molecule has 1 aromatic carbocycles. The van der Waals surface area contributed by atoms with Crippen LogP contribution >= 0.6 is 15.9 Å². The standard InChI is InChI=1S/C12H15BrFNO/c13-10-4-3-9(12(14)6-10)7-16-8-11-2-1-5-15-11/h3-4,6,11,15H,1-2,5,7-8H2. The van der Waals surface area contributed by atoms with Gasteiger partial charge in [-0.1, -0.05) is 22.0 Å². The number of hydrogen-bond acceptors (Lipinski definition) is 2. The molecule has 1 heterocycles. The van der Waals surface area contributed by atoms with Crippen molar-refractivity contribution in [3.05, 3.63) is 34.1 Å². The Morgan fingerprint density at radius 2 is 2.38 bits per heavy atom. The molecule has 1 aromatic rings. The molecular formula is C12H15BrFNO. The van der Waals surface area contributed by atoms with E-state index in [9.17, 15) is 4.39 Å². The summed E-state index contributed by atoms with van der Waals surface area (Å²) in [6.45, 7) is 2.08. The van der Waals surface area contributed by atoms with Gasteiger partial charge in [0.1, 0.15) is 5.82 Å². The third-order valence-electron chi connectivity index (χ3n) is 2.75. The minimum absolute atomic E-state index is 0.214. The molecule has 0 spiro atoms. The van der Waals surface area contributed by atoms with Crippen molar-refractivity contribution in [3.8, 4) is 0 Å². The molecule has 1 aliphatic heterocycles. The highest BCUT2D eigenvalue weighted by atomic mass is 79.9. The topological polar surface area (TPSA) is 21.3 Å². The lowest BCUT2D eigenvalue weighted by Gasteiger charge is -2.11. The van der Waals surface area contributed by atoms with Gasteiger partial charge in [-0.25, -0.2) is 4.39 Å². The van der Waals surface area contributed by atoms with E-state index in [1.807, 2.05) is 6.07 Å². The first kappa shape index (κ1) is 12.0. The third-order valence-corrected chi connectivity index (χ3v) is 3.25. The van der Waals surface area contributed by atoms with Gasteiger partial charge in [-0.05, 0) is 31.5 Å². The lowest BCUT2D eigenvalue weighted by Crippen LogP contribution is -2.26. The molecule has 2 rings (SSSR count). The fourth-order valence-electron chi connectivity index (χ4n) is 1.85. The van der Waals surface area contributed by atoms with E-state index >= 15 is 0 Å². The molecule has 0 aromatic heterocycles. The number of nitrogens with one attached hydrogen (secondary N) is 1. The van der Waals surface area contributed by atoms with Crippen LogP contribution in [-0.2, 0) is 11.3 Å². The molecule has 0 saturated carbocycles. The zero-order chi connectivity index (χ0) is 11.4. The molecule has 1 fully saturated rings. The maximum atomic E-state index is 13.4. The Hall–Kier alpha value is -0.450. The lowest BCUT2D eigenvalue weighted by atomic mass is 10.2. The van der Waals surface area contributed by atoms with Crippen molar-refractivity contribution in [2.45, 2.75) is 25.5 Å². The van der Waals surface area contributed by atoms with Crippen LogP contribution in [0, 0.1) is 5.82 Å². The van der Waals surface area contributed by atoms with Gasteiger partial charge in [0, 0.05) is 16.1 Å². The van der Waals surface area contributed by atoms with Crippen molar-refractivity contribution in [2.24, 2.45) is 0 Å². The molecule has 16 heavy (non-hydrogen) atoms. The smallest absolute Gasteiger partial charge is 0.129 e. The van der Waals surface area contributed by atoms with Crippen LogP contribution in [0.4, 0.5) is 4.39 Å². The van der Waals surface area contributed by atoms with E-state index in [1.165, 1.54) is 12.5 Å². The van der Waals surface area contributed by atoms with Crippen LogP contribution in [0.25, 0.3) is 0 Å². The number of hydrogen-bond donors (Lipinski definition) is 1. The van der Waals surface area contributed by atoms with Gasteiger partial charge >= 0.3 is 0 Å². The average Bonchev–Trinajstić information content (AvgIpc) is 2.74. The van der Waals surface area contributed by atoms with Crippen LogP contribution in [-0.4, -0.2) is 19.2 Å². The zero-order valence-corrected chi connectivity index (χ0v) is 10.6. The van der Waals surface area contributed by atoms with Crippen LogP contribution < -0.4 is 5.32 Å². The number of benzene rings is 1. The molecule has 0 bridgehead atoms. The van der Waals surface area contributed by atoms with Gasteiger partial charge in [-0.3, -0.25) is 0 Å². The first-order valence-electron chi connectivity index (χ1n) is 5.51. The van der Waals surface area contributed by atoms with E-state index in [0.717, 1.165) is 17.4 Å². The summed E-state index contributed by atoms with van der Waals surface area (Å²) in [5.74, 6) is -0.214. The van der Waals surface area contributed by atoms with Gasteiger partial charge in [0.05, 0.1) is 13.2 Å². The minimum Gasteiger partial charge on any atom is -0.375 e. The molecule has 1 atom stereocenters. The van der Waals surface area contributed by atoms with Gasteiger partial charge in [0.25, 0.3) is 0 Å². The van der Waals surface area contributed by atoms with E-state index in [4.69, 9.17) is 4.74 Å². The Morgan fingerprint density at radius 1 is 1.50 bits per heavy atom. The molecule has 88 valence electrons. The molecule has 2 nitrogen and oxygen atoms in total. The largest absolute Gasteiger partial charge is 0.375 e. The van der Waals surface area contributed by atoms with Crippen molar-refractivity contribution in [2.75, 3.05) is 13.2 Å². The molecule has 1 saturated heterocycles. The maximum absolute atomic E-state index is 13.4. The number of ether oxygens (including phenoxy) is 1. The van der Waals surface area contributed by atoms with Gasteiger partial charge in [0.2, 0.25) is 0 Å². The number of halogens is 2. The highest BCUT2D eigenvalue weighted by Gasteiger charge is 2.14. The Labute approximate surface area is 103 Å². The predicted molar refractivity (Wildman–Crippen MR) is 64.8 cm³/mol. The van der Waals surface area contributed by atoms with Gasteiger partial charge in [0.15, 0.2) is 0 Å². The zero-order valence-electron chi connectivity index (χ0n) is 9.01. The maximum Gasteiger partial charge on any atom is 0.129 e. The monoisotopic (exact) mass is 287 g/mol. The first-order valence-corrected chi connectivity index (χ1v) is 6.30. The van der Waals surface area contributed by atoms with Crippen molar-refractivity contribution < 1.29 is 9.13 Å². The quantitative estimate of drug-likeness (QED) is 0.920. The predicted octanol–water partition coefficient (Wildman–Crippen LogP) is 2.86. The molecule has 0 amide bonds. The fourth-order valence-corrected chi connectivity index (χ4v) is 2.18. The highest BCUT2D eigenvalue weighted by Crippen LogP contribution is 2.16. The van der Waals surface area contributed by atoms with Gasteiger partial charge in [-0.15, -0.1) is 0 Å². The van der Waals surface area contributed by atoms with E-state index in [-0.39, 0.29) is 5.82 Å². The summed E-state index contributed by atoms with van der Waals surface area (Å²) in [6.07, 6.45) is 2.36. The molecule has 1 N–H and O–H groups in total. The fraction of sp³-hybridized carbons (Fsp3) is 0.500. The van der Waals surface area contributed by atoms with E-state index in [0.29, 0.717) is 24.8 Å². The van der Waals surface area contributed by atoms with Crippen LogP contribution in [0.15, 0.2) is 22.7 Å². The second-order valence-corrected chi connectivity index (χ2v) is 4.96. The summed E-state index contributed by atoms with van der Waals surface area (Å²) in [7, 11) is 0. The summed E-state index contributed by atoms with van der Waals surface area (Å²) in [6, 6.07) is 5.49. The molecule has 1 unspecified atom stereocenters. The normalized spacial score (nSPS) is 20.2. The summed E-state index contributed by atoms with van der Waals surface area (Å²) in [5.41, 5.74) is 0.612. The summed E-state index contributed by atoms with van der Waals surface area (Å²) in [4.78, 5) is 0. The number of rotatable bonds is 4. The van der Waals surface area contributed by atoms with Crippen molar-refractivity contribution in [1.82, 2.24) is 5.32 Å². The third kappa shape index (κ3) is 3.27. The van der Waals surface area contributed by atoms with Crippen LogP contribution in [0.3, 0.4) is 0 Å². The Balaban J connectivity index is 1.80. The van der Waals surface area contributed by atoms with Crippen LogP contribution in [0.5, 0.6) is 0 Å². The second kappa shape index (κ2) is 5.75. The van der Waals surface area contributed by atoms with Crippen molar-refractivity contribution >= 4 is 15.9 Å².